The molecular weight excluding hydrogens is 202 g/mol. The van der Waals surface area contributed by atoms with Crippen molar-refractivity contribution in [2.45, 2.75) is 44.6 Å². The van der Waals surface area contributed by atoms with Crippen molar-refractivity contribution in [3.05, 3.63) is 35.4 Å². The molecule has 1 aromatic carbocycles. The molecule has 16 heavy (non-hydrogen) atoms. The molecule has 0 aliphatic heterocycles. The molecule has 3 heteroatoms. The SMILES string of the molecule is OCc1cccc(CNC2CCCC2O)c1. The number of nitrogens with one attached hydrogen (secondary N) is 1. The van der Waals surface area contributed by atoms with Crippen molar-refractivity contribution in [3.63, 3.8) is 0 Å². The Morgan fingerprint density at radius 1 is 1.25 bits per heavy atom. The summed E-state index contributed by atoms with van der Waals surface area (Å²) in [5, 5.41) is 22.1. The van der Waals surface area contributed by atoms with Gasteiger partial charge < -0.3 is 15.5 Å². The van der Waals surface area contributed by atoms with E-state index in [0.29, 0.717) is 0 Å². The predicted octanol–water partition coefficient (Wildman–Crippen LogP) is 1.18. The van der Waals surface area contributed by atoms with Crippen LogP contribution in [0.3, 0.4) is 0 Å². The zero-order valence-electron chi connectivity index (χ0n) is 9.39. The molecule has 1 aromatic rings. The first-order valence-electron chi connectivity index (χ1n) is 5.89. The molecule has 2 rings (SSSR count). The molecule has 2 atom stereocenters. The van der Waals surface area contributed by atoms with Gasteiger partial charge in [0.2, 0.25) is 0 Å². The number of aliphatic hydroxyl groups is 2. The molecule has 2 unspecified atom stereocenters. The standard InChI is InChI=1S/C13H19NO2/c15-9-11-4-1-3-10(7-11)8-14-12-5-2-6-13(12)16/h1,3-4,7,12-16H,2,5-6,8-9H2. The van der Waals surface area contributed by atoms with E-state index in [2.05, 4.69) is 5.32 Å². The van der Waals surface area contributed by atoms with Crippen molar-refractivity contribution in [1.82, 2.24) is 5.32 Å². The fourth-order valence-electron chi connectivity index (χ4n) is 2.27. The molecule has 1 aliphatic rings. The Balaban J connectivity index is 1.88. The van der Waals surface area contributed by atoms with Crippen LogP contribution < -0.4 is 5.32 Å². The number of aliphatic hydroxyl groups excluding tert-OH is 2. The Morgan fingerprint density at radius 3 is 2.75 bits per heavy atom. The smallest absolute Gasteiger partial charge is 0.0693 e. The van der Waals surface area contributed by atoms with E-state index in [1.807, 2.05) is 24.3 Å². The van der Waals surface area contributed by atoms with Crippen molar-refractivity contribution in [2.24, 2.45) is 0 Å². The zero-order chi connectivity index (χ0) is 11.4. The highest BCUT2D eigenvalue weighted by Crippen LogP contribution is 2.19. The summed E-state index contributed by atoms with van der Waals surface area (Å²) in [5.74, 6) is 0. The molecule has 1 saturated carbocycles. The Labute approximate surface area is 96.1 Å². The largest absolute Gasteiger partial charge is 0.392 e. The van der Waals surface area contributed by atoms with Crippen molar-refractivity contribution in [3.8, 4) is 0 Å². The maximum absolute atomic E-state index is 9.67. The predicted molar refractivity (Wildman–Crippen MR) is 62.9 cm³/mol. The van der Waals surface area contributed by atoms with Crippen molar-refractivity contribution >= 4 is 0 Å². The first kappa shape index (κ1) is 11.6. The summed E-state index contributed by atoms with van der Waals surface area (Å²) in [5.41, 5.74) is 2.09. The average molecular weight is 221 g/mol. The highest BCUT2D eigenvalue weighted by molar-refractivity contribution is 5.22. The number of hydrogen-bond donors (Lipinski definition) is 3. The minimum Gasteiger partial charge on any atom is -0.392 e. The summed E-state index contributed by atoms with van der Waals surface area (Å²) in [6, 6.07) is 8.13. The number of rotatable bonds is 4. The molecule has 3 N–H and O–H groups in total. The van der Waals surface area contributed by atoms with Crippen LogP contribution in [0.25, 0.3) is 0 Å². The molecule has 0 radical (unpaired) electrons. The van der Waals surface area contributed by atoms with Crippen LogP contribution in [-0.4, -0.2) is 22.4 Å². The highest BCUT2D eigenvalue weighted by Gasteiger charge is 2.24. The third-order valence-corrected chi connectivity index (χ3v) is 3.22. The molecular formula is C13H19NO2. The maximum Gasteiger partial charge on any atom is 0.0693 e. The average Bonchev–Trinajstić information content (AvgIpc) is 2.72. The Bertz CT molecular complexity index is 340. The van der Waals surface area contributed by atoms with Crippen LogP contribution in [0, 0.1) is 0 Å². The van der Waals surface area contributed by atoms with Crippen LogP contribution in [0.2, 0.25) is 0 Å². The normalized spacial score (nSPS) is 24.9. The molecule has 0 heterocycles. The quantitative estimate of drug-likeness (QED) is 0.715. The Morgan fingerprint density at radius 2 is 2.06 bits per heavy atom. The van der Waals surface area contributed by atoms with Gasteiger partial charge in [0.25, 0.3) is 0 Å². The monoisotopic (exact) mass is 221 g/mol. The van der Waals surface area contributed by atoms with E-state index < -0.39 is 0 Å². The lowest BCUT2D eigenvalue weighted by molar-refractivity contribution is 0.148. The lowest BCUT2D eigenvalue weighted by atomic mass is 10.1. The molecule has 0 saturated heterocycles. The summed E-state index contributed by atoms with van der Waals surface area (Å²) in [4.78, 5) is 0. The van der Waals surface area contributed by atoms with E-state index in [1.165, 1.54) is 0 Å². The van der Waals surface area contributed by atoms with Gasteiger partial charge in [-0.2, -0.15) is 0 Å². The fourth-order valence-corrected chi connectivity index (χ4v) is 2.27. The third kappa shape index (κ3) is 2.82. The molecule has 0 aromatic heterocycles. The molecule has 0 bridgehead atoms. The summed E-state index contributed by atoms with van der Waals surface area (Å²) < 4.78 is 0. The molecule has 1 fully saturated rings. The van der Waals surface area contributed by atoms with Crippen LogP contribution in [0.1, 0.15) is 30.4 Å². The Hall–Kier alpha value is -0.900. The van der Waals surface area contributed by atoms with Crippen LogP contribution in [0.5, 0.6) is 0 Å². The van der Waals surface area contributed by atoms with Gasteiger partial charge in [-0.05, 0) is 30.4 Å². The summed E-state index contributed by atoms with van der Waals surface area (Å²) in [6.07, 6.45) is 2.88. The molecule has 88 valence electrons. The highest BCUT2D eigenvalue weighted by atomic mass is 16.3. The van der Waals surface area contributed by atoms with Gasteiger partial charge in [-0.15, -0.1) is 0 Å². The van der Waals surface area contributed by atoms with Crippen molar-refractivity contribution < 1.29 is 10.2 Å². The van der Waals surface area contributed by atoms with Gasteiger partial charge >= 0.3 is 0 Å². The van der Waals surface area contributed by atoms with Gasteiger partial charge in [0.05, 0.1) is 12.7 Å². The molecule has 0 amide bonds. The van der Waals surface area contributed by atoms with E-state index in [-0.39, 0.29) is 18.8 Å². The van der Waals surface area contributed by atoms with Crippen molar-refractivity contribution in [1.29, 1.82) is 0 Å². The minimum atomic E-state index is -0.193. The van der Waals surface area contributed by atoms with E-state index >= 15 is 0 Å². The maximum atomic E-state index is 9.67. The Kier molecular flexibility index (Phi) is 3.93. The van der Waals surface area contributed by atoms with Gasteiger partial charge in [0, 0.05) is 12.6 Å². The second kappa shape index (κ2) is 5.43. The summed E-state index contributed by atoms with van der Waals surface area (Å²) >= 11 is 0. The summed E-state index contributed by atoms with van der Waals surface area (Å²) in [6.45, 7) is 0.843. The van der Waals surface area contributed by atoms with E-state index in [0.717, 1.165) is 36.9 Å². The van der Waals surface area contributed by atoms with Gasteiger partial charge in [-0.3, -0.25) is 0 Å². The zero-order valence-corrected chi connectivity index (χ0v) is 9.39. The first-order valence-corrected chi connectivity index (χ1v) is 5.89. The second-order valence-corrected chi connectivity index (χ2v) is 4.46. The second-order valence-electron chi connectivity index (χ2n) is 4.46. The topological polar surface area (TPSA) is 52.5 Å². The van der Waals surface area contributed by atoms with Crippen LogP contribution >= 0.6 is 0 Å². The lowest BCUT2D eigenvalue weighted by Crippen LogP contribution is -2.35. The number of hydrogen-bond acceptors (Lipinski definition) is 3. The van der Waals surface area contributed by atoms with E-state index in [9.17, 15) is 5.11 Å². The van der Waals surface area contributed by atoms with Crippen LogP contribution in [-0.2, 0) is 13.2 Å². The van der Waals surface area contributed by atoms with Gasteiger partial charge in [0.15, 0.2) is 0 Å². The molecule has 1 aliphatic carbocycles. The van der Waals surface area contributed by atoms with E-state index in [1.54, 1.807) is 0 Å². The van der Waals surface area contributed by atoms with Gasteiger partial charge in [-0.25, -0.2) is 0 Å². The summed E-state index contributed by atoms with van der Waals surface area (Å²) in [7, 11) is 0. The third-order valence-electron chi connectivity index (χ3n) is 3.22. The lowest BCUT2D eigenvalue weighted by Gasteiger charge is -2.16. The number of benzene rings is 1. The van der Waals surface area contributed by atoms with Crippen molar-refractivity contribution in [2.75, 3.05) is 0 Å². The van der Waals surface area contributed by atoms with E-state index in [4.69, 9.17) is 5.11 Å². The van der Waals surface area contributed by atoms with Gasteiger partial charge in [-0.1, -0.05) is 24.3 Å². The van der Waals surface area contributed by atoms with Crippen LogP contribution in [0.15, 0.2) is 24.3 Å². The molecule has 3 nitrogen and oxygen atoms in total. The first-order chi connectivity index (χ1) is 7.79. The fraction of sp³-hybridized carbons (Fsp3) is 0.538. The minimum absolute atomic E-state index is 0.0832. The van der Waals surface area contributed by atoms with Crippen LogP contribution in [0.4, 0.5) is 0 Å². The molecule has 0 spiro atoms. The van der Waals surface area contributed by atoms with Gasteiger partial charge in [0.1, 0.15) is 0 Å².